The molecule has 1 aromatic heterocycles. The van der Waals surface area contributed by atoms with Crippen molar-refractivity contribution in [3.8, 4) is 11.5 Å². The molecule has 3 rings (SSSR count). The SMILES string of the molecule is COc1ccc(S(=O)(=O)N[C@H](C)c2nnc(SCCOc3ccc(F)cc3)n2C)cc1. The highest BCUT2D eigenvalue weighted by molar-refractivity contribution is 7.99. The second kappa shape index (κ2) is 10.1. The van der Waals surface area contributed by atoms with Gasteiger partial charge in [0.1, 0.15) is 17.3 Å². The van der Waals surface area contributed by atoms with Gasteiger partial charge in [0.25, 0.3) is 0 Å². The van der Waals surface area contributed by atoms with Gasteiger partial charge in [-0.3, -0.25) is 0 Å². The van der Waals surface area contributed by atoms with E-state index in [0.717, 1.165) is 0 Å². The lowest BCUT2D eigenvalue weighted by molar-refractivity contribution is 0.343. The summed E-state index contributed by atoms with van der Waals surface area (Å²) in [5, 5.41) is 8.90. The predicted octanol–water partition coefficient (Wildman–Crippen LogP) is 3.17. The van der Waals surface area contributed by atoms with Gasteiger partial charge in [0.15, 0.2) is 11.0 Å². The number of thioether (sulfide) groups is 1. The van der Waals surface area contributed by atoms with E-state index in [0.29, 0.717) is 34.8 Å². The Morgan fingerprint density at radius 2 is 1.74 bits per heavy atom. The summed E-state index contributed by atoms with van der Waals surface area (Å²) >= 11 is 1.43. The molecule has 8 nitrogen and oxygen atoms in total. The average Bonchev–Trinajstić information content (AvgIpc) is 3.12. The number of hydrogen-bond acceptors (Lipinski definition) is 7. The number of sulfonamides is 1. The van der Waals surface area contributed by atoms with Crippen molar-refractivity contribution in [1.29, 1.82) is 0 Å². The van der Waals surface area contributed by atoms with Crippen LogP contribution < -0.4 is 14.2 Å². The first-order chi connectivity index (χ1) is 14.8. The number of hydrogen-bond donors (Lipinski definition) is 1. The average molecular weight is 467 g/mol. The normalized spacial score (nSPS) is 12.5. The number of rotatable bonds is 10. The third-order valence-electron chi connectivity index (χ3n) is 4.35. The molecule has 0 aliphatic heterocycles. The number of nitrogens with one attached hydrogen (secondary N) is 1. The topological polar surface area (TPSA) is 95.3 Å². The molecule has 11 heteroatoms. The lowest BCUT2D eigenvalue weighted by Crippen LogP contribution is -2.28. The van der Waals surface area contributed by atoms with E-state index in [4.69, 9.17) is 9.47 Å². The zero-order valence-electron chi connectivity index (χ0n) is 17.3. The van der Waals surface area contributed by atoms with Gasteiger partial charge in [-0.2, -0.15) is 0 Å². The van der Waals surface area contributed by atoms with Crippen LogP contribution in [-0.2, 0) is 17.1 Å². The van der Waals surface area contributed by atoms with Gasteiger partial charge in [0.2, 0.25) is 10.0 Å². The number of benzene rings is 2. The van der Waals surface area contributed by atoms with Gasteiger partial charge in [-0.05, 0) is 55.5 Å². The quantitative estimate of drug-likeness (QED) is 0.362. The van der Waals surface area contributed by atoms with Gasteiger partial charge in [0.05, 0.1) is 24.7 Å². The molecule has 0 unspecified atom stereocenters. The highest BCUT2D eigenvalue weighted by Gasteiger charge is 2.22. The first-order valence-electron chi connectivity index (χ1n) is 9.37. The van der Waals surface area contributed by atoms with Crippen molar-refractivity contribution in [2.45, 2.75) is 23.0 Å². The van der Waals surface area contributed by atoms with Crippen LogP contribution in [-0.4, -0.2) is 42.7 Å². The number of nitrogens with zero attached hydrogens (tertiary/aromatic N) is 3. The Hall–Kier alpha value is -2.63. The number of methoxy groups -OCH3 is 1. The summed E-state index contributed by atoms with van der Waals surface area (Å²) in [6.07, 6.45) is 0. The molecule has 166 valence electrons. The molecule has 0 bridgehead atoms. The number of halogens is 1. The first-order valence-corrected chi connectivity index (χ1v) is 11.8. The Kier molecular flexibility index (Phi) is 7.52. The molecule has 3 aromatic rings. The Balaban J connectivity index is 1.57. The van der Waals surface area contributed by atoms with Crippen molar-refractivity contribution in [2.24, 2.45) is 7.05 Å². The fourth-order valence-corrected chi connectivity index (χ4v) is 4.70. The molecule has 0 radical (unpaired) electrons. The molecule has 0 spiro atoms. The summed E-state index contributed by atoms with van der Waals surface area (Å²) in [6, 6.07) is 11.4. The van der Waals surface area contributed by atoms with Crippen LogP contribution in [0.25, 0.3) is 0 Å². The third kappa shape index (κ3) is 5.96. The monoisotopic (exact) mass is 466 g/mol. The lowest BCUT2D eigenvalue weighted by atomic mass is 10.3. The highest BCUT2D eigenvalue weighted by atomic mass is 32.2. The molecule has 0 fully saturated rings. The Labute approximate surface area is 184 Å². The minimum absolute atomic E-state index is 0.134. The van der Waals surface area contributed by atoms with E-state index in [1.807, 2.05) is 0 Å². The van der Waals surface area contributed by atoms with Crippen LogP contribution in [0.5, 0.6) is 11.5 Å². The summed E-state index contributed by atoms with van der Waals surface area (Å²) in [5.41, 5.74) is 0. The van der Waals surface area contributed by atoms with Crippen molar-refractivity contribution in [2.75, 3.05) is 19.5 Å². The molecule has 1 N–H and O–H groups in total. The van der Waals surface area contributed by atoms with Crippen LogP contribution in [0.2, 0.25) is 0 Å². The second-order valence-corrected chi connectivity index (χ2v) is 9.35. The van der Waals surface area contributed by atoms with Crippen molar-refractivity contribution < 1.29 is 22.3 Å². The van der Waals surface area contributed by atoms with Crippen LogP contribution in [0, 0.1) is 5.82 Å². The molecule has 0 saturated carbocycles. The van der Waals surface area contributed by atoms with E-state index in [1.54, 1.807) is 42.8 Å². The first kappa shape index (κ1) is 23.0. The molecule has 1 atom stereocenters. The maximum atomic E-state index is 12.9. The minimum atomic E-state index is -3.73. The van der Waals surface area contributed by atoms with E-state index in [9.17, 15) is 12.8 Å². The standard InChI is InChI=1S/C20H23FN4O4S2/c1-14(24-31(26,27)18-10-8-16(28-3)9-11-18)19-22-23-20(25(19)2)30-13-12-29-17-6-4-15(21)5-7-17/h4-11,14,24H,12-13H2,1-3H3/t14-/m1/s1. The van der Waals surface area contributed by atoms with Crippen LogP contribution in [0.1, 0.15) is 18.8 Å². The Morgan fingerprint density at radius 1 is 1.10 bits per heavy atom. The van der Waals surface area contributed by atoms with Crippen molar-refractivity contribution in [1.82, 2.24) is 19.5 Å². The molecular formula is C20H23FN4O4S2. The van der Waals surface area contributed by atoms with Gasteiger partial charge >= 0.3 is 0 Å². The van der Waals surface area contributed by atoms with E-state index in [1.165, 1.54) is 43.1 Å². The molecule has 0 aliphatic rings. The zero-order chi connectivity index (χ0) is 22.4. The summed E-state index contributed by atoms with van der Waals surface area (Å²) in [4.78, 5) is 0.134. The second-order valence-electron chi connectivity index (χ2n) is 6.57. The van der Waals surface area contributed by atoms with Crippen LogP contribution >= 0.6 is 11.8 Å². The van der Waals surface area contributed by atoms with Gasteiger partial charge in [-0.15, -0.1) is 10.2 Å². The van der Waals surface area contributed by atoms with Gasteiger partial charge in [0, 0.05) is 12.8 Å². The van der Waals surface area contributed by atoms with Crippen LogP contribution in [0.4, 0.5) is 4.39 Å². The Bertz CT molecular complexity index is 1100. The van der Waals surface area contributed by atoms with Crippen LogP contribution in [0.15, 0.2) is 58.6 Å². The van der Waals surface area contributed by atoms with Gasteiger partial charge < -0.3 is 14.0 Å². The predicted molar refractivity (Wildman–Crippen MR) is 115 cm³/mol. The summed E-state index contributed by atoms with van der Waals surface area (Å²) in [5.74, 6) is 1.92. The molecule has 1 heterocycles. The van der Waals surface area contributed by atoms with E-state index >= 15 is 0 Å². The van der Waals surface area contributed by atoms with Gasteiger partial charge in [-0.1, -0.05) is 11.8 Å². The van der Waals surface area contributed by atoms with Crippen molar-refractivity contribution in [3.63, 3.8) is 0 Å². The van der Waals surface area contributed by atoms with E-state index in [2.05, 4.69) is 14.9 Å². The molecule has 31 heavy (non-hydrogen) atoms. The summed E-state index contributed by atoms with van der Waals surface area (Å²) in [6.45, 7) is 2.11. The zero-order valence-corrected chi connectivity index (χ0v) is 18.9. The fourth-order valence-electron chi connectivity index (χ4n) is 2.76. The van der Waals surface area contributed by atoms with E-state index in [-0.39, 0.29) is 10.7 Å². The van der Waals surface area contributed by atoms with Gasteiger partial charge in [-0.25, -0.2) is 17.5 Å². The molecule has 0 aliphatic carbocycles. The smallest absolute Gasteiger partial charge is 0.241 e. The molecule has 0 saturated heterocycles. The molecule has 2 aromatic carbocycles. The summed E-state index contributed by atoms with van der Waals surface area (Å²) < 4.78 is 53.2. The van der Waals surface area contributed by atoms with E-state index < -0.39 is 16.1 Å². The summed E-state index contributed by atoms with van der Waals surface area (Å²) in [7, 11) is -0.444. The largest absolute Gasteiger partial charge is 0.497 e. The maximum Gasteiger partial charge on any atom is 0.241 e. The lowest BCUT2D eigenvalue weighted by Gasteiger charge is -2.14. The minimum Gasteiger partial charge on any atom is -0.497 e. The fraction of sp³-hybridized carbons (Fsp3) is 0.300. The Morgan fingerprint density at radius 3 is 2.39 bits per heavy atom. The molecule has 0 amide bonds. The highest BCUT2D eigenvalue weighted by Crippen LogP contribution is 2.22. The number of aromatic nitrogens is 3. The third-order valence-corrected chi connectivity index (χ3v) is 6.90. The van der Waals surface area contributed by atoms with Crippen molar-refractivity contribution in [3.05, 3.63) is 60.2 Å². The number of ether oxygens (including phenoxy) is 2. The van der Waals surface area contributed by atoms with Crippen LogP contribution in [0.3, 0.4) is 0 Å². The maximum absolute atomic E-state index is 12.9. The van der Waals surface area contributed by atoms with Crippen molar-refractivity contribution >= 4 is 21.8 Å². The molecular weight excluding hydrogens is 443 g/mol.